The Morgan fingerprint density at radius 2 is 1.79 bits per heavy atom. The Bertz CT molecular complexity index is 276. The van der Waals surface area contributed by atoms with Gasteiger partial charge in [0.25, 0.3) is 0 Å². The zero-order chi connectivity index (χ0) is 9.97. The van der Waals surface area contributed by atoms with Crippen molar-refractivity contribution in [2.45, 2.75) is 33.2 Å². The first-order chi connectivity index (χ1) is 6.77. The van der Waals surface area contributed by atoms with E-state index in [1.165, 1.54) is 43.9 Å². The Morgan fingerprint density at radius 1 is 1.21 bits per heavy atom. The van der Waals surface area contributed by atoms with Crippen LogP contribution in [0.3, 0.4) is 0 Å². The molecule has 0 radical (unpaired) electrons. The second kappa shape index (κ2) is 4.18. The molecule has 1 aromatic rings. The maximum atomic E-state index is 3.41. The zero-order valence-electron chi connectivity index (χ0n) is 9.21. The van der Waals surface area contributed by atoms with Gasteiger partial charge in [-0.15, -0.1) is 0 Å². The van der Waals surface area contributed by atoms with Crippen LogP contribution in [-0.4, -0.2) is 17.7 Å². The van der Waals surface area contributed by atoms with Gasteiger partial charge in [-0.05, 0) is 57.8 Å². The lowest BCUT2D eigenvalue weighted by Gasteiger charge is -2.24. The summed E-state index contributed by atoms with van der Waals surface area (Å²) in [7, 11) is 0. The highest BCUT2D eigenvalue weighted by molar-refractivity contribution is 5.13. The van der Waals surface area contributed by atoms with Gasteiger partial charge in [-0.25, -0.2) is 0 Å². The SMILES string of the molecule is Cc1ccc(C)n1CC1CCNCC1. The topological polar surface area (TPSA) is 17.0 Å². The molecule has 1 saturated heterocycles. The molecule has 0 spiro atoms. The van der Waals surface area contributed by atoms with E-state index in [0.717, 1.165) is 5.92 Å². The minimum atomic E-state index is 0.876. The maximum Gasteiger partial charge on any atom is 0.0253 e. The molecule has 14 heavy (non-hydrogen) atoms. The number of rotatable bonds is 2. The molecule has 1 aliphatic rings. The fourth-order valence-electron chi connectivity index (χ4n) is 2.31. The van der Waals surface area contributed by atoms with Crippen molar-refractivity contribution >= 4 is 0 Å². The van der Waals surface area contributed by atoms with Crippen LogP contribution in [-0.2, 0) is 6.54 Å². The third-order valence-corrected chi connectivity index (χ3v) is 3.32. The molecule has 78 valence electrons. The quantitative estimate of drug-likeness (QED) is 0.759. The van der Waals surface area contributed by atoms with Gasteiger partial charge in [0.15, 0.2) is 0 Å². The molecule has 0 aromatic carbocycles. The van der Waals surface area contributed by atoms with E-state index >= 15 is 0 Å². The molecule has 1 N–H and O–H groups in total. The van der Waals surface area contributed by atoms with Crippen molar-refractivity contribution in [3.8, 4) is 0 Å². The monoisotopic (exact) mass is 192 g/mol. The summed E-state index contributed by atoms with van der Waals surface area (Å²) in [6, 6.07) is 4.44. The van der Waals surface area contributed by atoms with Gasteiger partial charge in [0.05, 0.1) is 0 Å². The predicted octanol–water partition coefficient (Wildman–Crippen LogP) is 2.10. The standard InChI is InChI=1S/C12H20N2/c1-10-3-4-11(2)14(10)9-12-5-7-13-8-6-12/h3-4,12-13H,5-9H2,1-2H3. The number of nitrogens with zero attached hydrogens (tertiary/aromatic N) is 1. The summed E-state index contributed by atoms with van der Waals surface area (Å²) in [5.41, 5.74) is 2.81. The van der Waals surface area contributed by atoms with Gasteiger partial charge in [0.2, 0.25) is 0 Å². The molecule has 1 fully saturated rings. The summed E-state index contributed by atoms with van der Waals surface area (Å²) in [6.45, 7) is 8.02. The first-order valence-electron chi connectivity index (χ1n) is 5.61. The molecule has 0 atom stereocenters. The van der Waals surface area contributed by atoms with Gasteiger partial charge in [0, 0.05) is 17.9 Å². The van der Waals surface area contributed by atoms with Gasteiger partial charge in [-0.3, -0.25) is 0 Å². The van der Waals surface area contributed by atoms with Gasteiger partial charge in [0.1, 0.15) is 0 Å². The third-order valence-electron chi connectivity index (χ3n) is 3.32. The van der Waals surface area contributed by atoms with Crippen molar-refractivity contribution in [2.75, 3.05) is 13.1 Å². The molecule has 0 aliphatic carbocycles. The van der Waals surface area contributed by atoms with Crippen LogP contribution in [0.4, 0.5) is 0 Å². The molecule has 0 bridgehead atoms. The molecule has 0 saturated carbocycles. The average Bonchev–Trinajstić information content (AvgIpc) is 2.51. The smallest absolute Gasteiger partial charge is 0.0253 e. The van der Waals surface area contributed by atoms with Crippen LogP contribution in [0.15, 0.2) is 12.1 Å². The molecule has 2 heterocycles. The molecule has 0 amide bonds. The van der Waals surface area contributed by atoms with E-state index in [1.54, 1.807) is 0 Å². The number of hydrogen-bond donors (Lipinski definition) is 1. The van der Waals surface area contributed by atoms with Crippen molar-refractivity contribution in [2.24, 2.45) is 5.92 Å². The Labute approximate surface area is 86.3 Å². The summed E-state index contributed by atoms with van der Waals surface area (Å²) in [4.78, 5) is 0. The normalized spacial score (nSPS) is 18.7. The van der Waals surface area contributed by atoms with Crippen LogP contribution in [0, 0.1) is 19.8 Å². The lowest BCUT2D eigenvalue weighted by atomic mass is 9.98. The fraction of sp³-hybridized carbons (Fsp3) is 0.667. The summed E-state index contributed by atoms with van der Waals surface area (Å²) >= 11 is 0. The van der Waals surface area contributed by atoms with Crippen molar-refractivity contribution in [1.82, 2.24) is 9.88 Å². The zero-order valence-corrected chi connectivity index (χ0v) is 9.21. The molecular weight excluding hydrogens is 172 g/mol. The van der Waals surface area contributed by atoms with Crippen LogP contribution >= 0.6 is 0 Å². The largest absolute Gasteiger partial charge is 0.349 e. The lowest BCUT2D eigenvalue weighted by Crippen LogP contribution is -2.30. The van der Waals surface area contributed by atoms with Crippen molar-refractivity contribution < 1.29 is 0 Å². The second-order valence-electron chi connectivity index (χ2n) is 4.42. The van der Waals surface area contributed by atoms with E-state index in [-0.39, 0.29) is 0 Å². The van der Waals surface area contributed by atoms with E-state index in [2.05, 4.69) is 35.9 Å². The molecule has 1 aromatic heterocycles. The fourth-order valence-corrected chi connectivity index (χ4v) is 2.31. The van der Waals surface area contributed by atoms with Crippen LogP contribution < -0.4 is 5.32 Å². The van der Waals surface area contributed by atoms with Gasteiger partial charge >= 0.3 is 0 Å². The van der Waals surface area contributed by atoms with E-state index in [0.29, 0.717) is 0 Å². The highest BCUT2D eigenvalue weighted by atomic mass is 15.0. The third kappa shape index (κ3) is 2.01. The van der Waals surface area contributed by atoms with E-state index < -0.39 is 0 Å². The number of aromatic nitrogens is 1. The van der Waals surface area contributed by atoms with Crippen LogP contribution in [0.2, 0.25) is 0 Å². The summed E-state index contributed by atoms with van der Waals surface area (Å²) < 4.78 is 2.45. The van der Waals surface area contributed by atoms with E-state index in [9.17, 15) is 0 Å². The van der Waals surface area contributed by atoms with Crippen LogP contribution in [0.5, 0.6) is 0 Å². The summed E-state index contributed by atoms with van der Waals surface area (Å²) in [6.07, 6.45) is 2.66. The van der Waals surface area contributed by atoms with Crippen molar-refractivity contribution in [3.63, 3.8) is 0 Å². The van der Waals surface area contributed by atoms with Crippen molar-refractivity contribution in [3.05, 3.63) is 23.5 Å². The van der Waals surface area contributed by atoms with E-state index in [1.807, 2.05) is 0 Å². The average molecular weight is 192 g/mol. The highest BCUT2D eigenvalue weighted by Crippen LogP contribution is 2.17. The van der Waals surface area contributed by atoms with Gasteiger partial charge < -0.3 is 9.88 Å². The molecule has 2 heteroatoms. The Hall–Kier alpha value is -0.760. The molecular formula is C12H20N2. The Morgan fingerprint density at radius 3 is 2.36 bits per heavy atom. The highest BCUT2D eigenvalue weighted by Gasteiger charge is 2.14. The molecule has 1 aliphatic heterocycles. The number of hydrogen-bond acceptors (Lipinski definition) is 1. The lowest BCUT2D eigenvalue weighted by molar-refractivity contribution is 0.329. The predicted molar refractivity (Wildman–Crippen MR) is 59.5 cm³/mol. The Kier molecular flexibility index (Phi) is 2.92. The first kappa shape index (κ1) is 9.78. The van der Waals surface area contributed by atoms with Crippen LogP contribution in [0.1, 0.15) is 24.2 Å². The maximum absolute atomic E-state index is 3.41. The first-order valence-corrected chi connectivity index (χ1v) is 5.61. The van der Waals surface area contributed by atoms with Crippen molar-refractivity contribution in [1.29, 1.82) is 0 Å². The van der Waals surface area contributed by atoms with Crippen LogP contribution in [0.25, 0.3) is 0 Å². The minimum Gasteiger partial charge on any atom is -0.349 e. The number of aryl methyl sites for hydroxylation is 2. The molecule has 2 rings (SSSR count). The number of nitrogens with one attached hydrogen (secondary N) is 1. The van der Waals surface area contributed by atoms with E-state index in [4.69, 9.17) is 0 Å². The molecule has 0 unspecified atom stereocenters. The Balaban J connectivity index is 2.02. The van der Waals surface area contributed by atoms with Gasteiger partial charge in [-0.2, -0.15) is 0 Å². The van der Waals surface area contributed by atoms with Gasteiger partial charge in [-0.1, -0.05) is 0 Å². The molecule has 2 nitrogen and oxygen atoms in total. The second-order valence-corrected chi connectivity index (χ2v) is 4.42. The number of piperidine rings is 1. The minimum absolute atomic E-state index is 0.876. The summed E-state index contributed by atoms with van der Waals surface area (Å²) in [5.74, 6) is 0.876. The summed E-state index contributed by atoms with van der Waals surface area (Å²) in [5, 5.41) is 3.41.